The van der Waals surface area contributed by atoms with Crippen LogP contribution in [0, 0.1) is 0 Å². The standard InChI is InChI=1S/C19H18N2O3/c1-4-13-16(20-19(24-3)21-18(13)23-2)17(22)15-11-7-9-12-8-5-6-10-14(12)15/h5-11H,4H2,1-3H3. The lowest BCUT2D eigenvalue weighted by Crippen LogP contribution is -2.12. The number of aromatic nitrogens is 2. The van der Waals surface area contributed by atoms with Gasteiger partial charge in [0.1, 0.15) is 5.69 Å². The van der Waals surface area contributed by atoms with Crippen LogP contribution >= 0.6 is 0 Å². The molecular weight excluding hydrogens is 304 g/mol. The maximum Gasteiger partial charge on any atom is 0.320 e. The third-order valence-electron chi connectivity index (χ3n) is 3.93. The third-order valence-corrected chi connectivity index (χ3v) is 3.93. The number of methoxy groups -OCH3 is 2. The number of nitrogens with zero attached hydrogens (tertiary/aromatic N) is 2. The zero-order valence-corrected chi connectivity index (χ0v) is 13.9. The molecule has 0 fully saturated rings. The molecule has 0 aliphatic heterocycles. The molecule has 0 aliphatic rings. The first-order valence-corrected chi connectivity index (χ1v) is 7.71. The van der Waals surface area contributed by atoms with Gasteiger partial charge < -0.3 is 9.47 Å². The van der Waals surface area contributed by atoms with Gasteiger partial charge in [0.25, 0.3) is 0 Å². The van der Waals surface area contributed by atoms with E-state index >= 15 is 0 Å². The lowest BCUT2D eigenvalue weighted by molar-refractivity contribution is 0.103. The van der Waals surface area contributed by atoms with Crippen LogP contribution in [-0.4, -0.2) is 30.0 Å². The highest BCUT2D eigenvalue weighted by Gasteiger charge is 2.22. The van der Waals surface area contributed by atoms with Crippen LogP contribution in [0.3, 0.4) is 0 Å². The van der Waals surface area contributed by atoms with Gasteiger partial charge in [-0.2, -0.15) is 9.97 Å². The largest absolute Gasteiger partial charge is 0.481 e. The van der Waals surface area contributed by atoms with Crippen LogP contribution in [0.15, 0.2) is 42.5 Å². The van der Waals surface area contributed by atoms with Crippen LogP contribution in [0.4, 0.5) is 0 Å². The lowest BCUT2D eigenvalue weighted by atomic mass is 9.97. The molecular formula is C19H18N2O3. The summed E-state index contributed by atoms with van der Waals surface area (Å²) < 4.78 is 10.4. The van der Waals surface area contributed by atoms with E-state index in [9.17, 15) is 4.79 Å². The summed E-state index contributed by atoms with van der Waals surface area (Å²) in [4.78, 5) is 21.6. The van der Waals surface area contributed by atoms with Crippen LogP contribution in [0.25, 0.3) is 10.8 Å². The highest BCUT2D eigenvalue weighted by Crippen LogP contribution is 2.27. The topological polar surface area (TPSA) is 61.3 Å². The summed E-state index contributed by atoms with van der Waals surface area (Å²) in [6.07, 6.45) is 0.582. The number of carbonyl (C=O) groups excluding carboxylic acids is 1. The summed E-state index contributed by atoms with van der Waals surface area (Å²) >= 11 is 0. The first kappa shape index (κ1) is 15.9. The smallest absolute Gasteiger partial charge is 0.320 e. The zero-order chi connectivity index (χ0) is 17.1. The van der Waals surface area contributed by atoms with Crippen LogP contribution in [0.5, 0.6) is 11.9 Å². The van der Waals surface area contributed by atoms with E-state index in [0.717, 1.165) is 10.8 Å². The van der Waals surface area contributed by atoms with Crippen LogP contribution in [0.2, 0.25) is 0 Å². The summed E-state index contributed by atoms with van der Waals surface area (Å²) in [6, 6.07) is 13.6. The molecule has 5 heteroatoms. The SMILES string of the molecule is CCc1c(OC)nc(OC)nc1C(=O)c1cccc2ccccc12. The van der Waals surface area contributed by atoms with Crippen LogP contribution in [0.1, 0.15) is 28.5 Å². The minimum atomic E-state index is -0.164. The normalized spacial score (nSPS) is 10.6. The fraction of sp³-hybridized carbons (Fsp3) is 0.211. The van der Waals surface area contributed by atoms with Gasteiger partial charge >= 0.3 is 6.01 Å². The average Bonchev–Trinajstić information content (AvgIpc) is 2.65. The first-order chi connectivity index (χ1) is 11.7. The van der Waals surface area contributed by atoms with Gasteiger partial charge in [-0.25, -0.2) is 0 Å². The van der Waals surface area contributed by atoms with Crippen LogP contribution in [-0.2, 0) is 6.42 Å². The molecule has 2 aromatic carbocycles. The Hall–Kier alpha value is -2.95. The average molecular weight is 322 g/mol. The van der Waals surface area contributed by atoms with Crippen molar-refractivity contribution in [2.75, 3.05) is 14.2 Å². The van der Waals surface area contributed by atoms with Crippen molar-refractivity contribution in [3.63, 3.8) is 0 Å². The van der Waals surface area contributed by atoms with Gasteiger partial charge in [-0.3, -0.25) is 4.79 Å². The van der Waals surface area contributed by atoms with E-state index in [0.29, 0.717) is 29.1 Å². The van der Waals surface area contributed by atoms with Crippen LogP contribution < -0.4 is 9.47 Å². The number of ether oxygens (including phenoxy) is 2. The predicted molar refractivity (Wildman–Crippen MR) is 91.9 cm³/mol. The molecule has 1 heterocycles. The molecule has 3 aromatic rings. The van der Waals surface area contributed by atoms with E-state index in [1.807, 2.05) is 49.4 Å². The molecule has 3 rings (SSSR count). The van der Waals surface area contributed by atoms with E-state index in [4.69, 9.17) is 9.47 Å². The highest BCUT2D eigenvalue weighted by atomic mass is 16.5. The Balaban J connectivity index is 2.22. The van der Waals surface area contributed by atoms with Gasteiger partial charge in [-0.05, 0) is 17.2 Å². The van der Waals surface area contributed by atoms with Gasteiger partial charge in [0.2, 0.25) is 11.7 Å². The minimum absolute atomic E-state index is 0.118. The Morgan fingerprint density at radius 2 is 1.75 bits per heavy atom. The summed E-state index contributed by atoms with van der Waals surface area (Å²) in [5.41, 5.74) is 1.60. The number of fused-ring (bicyclic) bond motifs is 1. The van der Waals surface area contributed by atoms with E-state index in [1.54, 1.807) is 0 Å². The number of hydrogen-bond donors (Lipinski definition) is 0. The molecule has 0 radical (unpaired) electrons. The molecule has 0 amide bonds. The van der Waals surface area contributed by atoms with Crippen molar-refractivity contribution in [1.29, 1.82) is 0 Å². The van der Waals surface area contributed by atoms with Gasteiger partial charge in [-0.1, -0.05) is 49.4 Å². The second-order valence-electron chi connectivity index (χ2n) is 5.26. The molecule has 122 valence electrons. The quantitative estimate of drug-likeness (QED) is 0.673. The third kappa shape index (κ3) is 2.69. The number of benzene rings is 2. The van der Waals surface area contributed by atoms with Crippen molar-refractivity contribution >= 4 is 16.6 Å². The molecule has 0 saturated carbocycles. The zero-order valence-electron chi connectivity index (χ0n) is 13.9. The molecule has 5 nitrogen and oxygen atoms in total. The minimum Gasteiger partial charge on any atom is -0.481 e. The number of hydrogen-bond acceptors (Lipinski definition) is 5. The van der Waals surface area contributed by atoms with E-state index < -0.39 is 0 Å². The number of carbonyl (C=O) groups is 1. The van der Waals surface area contributed by atoms with Gasteiger partial charge in [0, 0.05) is 11.1 Å². The van der Waals surface area contributed by atoms with E-state index in [-0.39, 0.29) is 11.8 Å². The molecule has 0 aliphatic carbocycles. The lowest BCUT2D eigenvalue weighted by Gasteiger charge is -2.12. The Morgan fingerprint density at radius 1 is 1.00 bits per heavy atom. The van der Waals surface area contributed by atoms with Gasteiger partial charge in [0.05, 0.1) is 14.2 Å². The van der Waals surface area contributed by atoms with Crippen molar-refractivity contribution in [1.82, 2.24) is 9.97 Å². The highest BCUT2D eigenvalue weighted by molar-refractivity contribution is 6.16. The molecule has 0 unspecified atom stereocenters. The fourth-order valence-corrected chi connectivity index (χ4v) is 2.76. The summed E-state index contributed by atoms with van der Waals surface area (Å²) in [6.45, 7) is 1.94. The first-order valence-electron chi connectivity index (χ1n) is 7.71. The van der Waals surface area contributed by atoms with E-state index in [1.165, 1.54) is 14.2 Å². The Labute approximate surface area is 140 Å². The van der Waals surface area contributed by atoms with Crippen molar-refractivity contribution < 1.29 is 14.3 Å². The summed E-state index contributed by atoms with van der Waals surface area (Å²) in [5, 5.41) is 1.90. The molecule has 0 saturated heterocycles. The van der Waals surface area contributed by atoms with Crippen molar-refractivity contribution in [3.05, 3.63) is 59.3 Å². The molecule has 0 atom stereocenters. The molecule has 0 spiro atoms. The molecule has 0 bridgehead atoms. The maximum atomic E-state index is 13.2. The molecule has 0 N–H and O–H groups in total. The number of ketones is 1. The second-order valence-corrected chi connectivity index (χ2v) is 5.26. The van der Waals surface area contributed by atoms with Gasteiger partial charge in [0.15, 0.2) is 0 Å². The monoisotopic (exact) mass is 322 g/mol. The summed E-state index contributed by atoms with van der Waals surface area (Å²) in [5.74, 6) is 0.204. The fourth-order valence-electron chi connectivity index (χ4n) is 2.76. The summed E-state index contributed by atoms with van der Waals surface area (Å²) in [7, 11) is 2.99. The van der Waals surface area contributed by atoms with Crippen molar-refractivity contribution in [3.8, 4) is 11.9 Å². The van der Waals surface area contributed by atoms with Gasteiger partial charge in [-0.15, -0.1) is 0 Å². The Bertz CT molecular complexity index is 901. The Morgan fingerprint density at radius 3 is 2.46 bits per heavy atom. The van der Waals surface area contributed by atoms with E-state index in [2.05, 4.69) is 9.97 Å². The predicted octanol–water partition coefficient (Wildman–Crippen LogP) is 3.44. The van der Waals surface area contributed by atoms with Crippen molar-refractivity contribution in [2.45, 2.75) is 13.3 Å². The molecule has 24 heavy (non-hydrogen) atoms. The second kappa shape index (κ2) is 6.66. The molecule has 1 aromatic heterocycles. The van der Waals surface area contributed by atoms with Crippen molar-refractivity contribution in [2.24, 2.45) is 0 Å². The Kier molecular flexibility index (Phi) is 4.42. The maximum absolute atomic E-state index is 13.2. The number of rotatable bonds is 5.